The first-order valence-corrected chi connectivity index (χ1v) is 10.4. The van der Waals surface area contributed by atoms with E-state index in [1.807, 2.05) is 30.3 Å². The van der Waals surface area contributed by atoms with Gasteiger partial charge >= 0.3 is 0 Å². The van der Waals surface area contributed by atoms with Gasteiger partial charge in [0.1, 0.15) is 0 Å². The van der Waals surface area contributed by atoms with Crippen molar-refractivity contribution in [1.29, 1.82) is 0 Å². The highest BCUT2D eigenvalue weighted by atomic mass is 32.2. The Morgan fingerprint density at radius 3 is 2.77 bits per heavy atom. The van der Waals surface area contributed by atoms with E-state index in [-0.39, 0.29) is 28.5 Å². The van der Waals surface area contributed by atoms with Crippen molar-refractivity contribution in [3.8, 4) is 5.75 Å². The number of rotatable bonds is 7. The number of para-hydroxylation sites is 1. The summed E-state index contributed by atoms with van der Waals surface area (Å²) in [5, 5.41) is 14.0. The van der Waals surface area contributed by atoms with Crippen LogP contribution in [-0.4, -0.2) is 39.1 Å². The molecule has 7 nitrogen and oxygen atoms in total. The molecule has 4 rings (SSSR count). The Kier molecular flexibility index (Phi) is 6.08. The van der Waals surface area contributed by atoms with Gasteiger partial charge in [-0.3, -0.25) is 4.79 Å². The quantitative estimate of drug-likeness (QED) is 0.530. The molecule has 1 aliphatic rings. The summed E-state index contributed by atoms with van der Waals surface area (Å²) in [5.74, 6) is -0.172. The largest absolute Gasteiger partial charge is 0.478 e. The van der Waals surface area contributed by atoms with Crippen LogP contribution in [0.5, 0.6) is 5.75 Å². The molecular formula is C21H19FN4O3S. The average Bonchev–Trinajstić information content (AvgIpc) is 3.44. The number of ether oxygens (including phenoxy) is 1. The molecule has 1 aliphatic heterocycles. The van der Waals surface area contributed by atoms with Crippen molar-refractivity contribution in [2.24, 2.45) is 5.10 Å². The Morgan fingerprint density at radius 2 is 1.97 bits per heavy atom. The van der Waals surface area contributed by atoms with Crippen LogP contribution in [0.2, 0.25) is 0 Å². The van der Waals surface area contributed by atoms with Crippen molar-refractivity contribution in [3.05, 3.63) is 71.9 Å². The number of hydrogen-bond donors (Lipinski definition) is 0. The number of aromatic nitrogens is 2. The zero-order valence-electron chi connectivity index (χ0n) is 16.2. The summed E-state index contributed by atoms with van der Waals surface area (Å²) >= 11 is 1.13. The van der Waals surface area contributed by atoms with Gasteiger partial charge in [0.2, 0.25) is 0 Å². The summed E-state index contributed by atoms with van der Waals surface area (Å²) in [6.45, 7) is 2.23. The van der Waals surface area contributed by atoms with Gasteiger partial charge in [0.25, 0.3) is 17.0 Å². The first kappa shape index (κ1) is 20.1. The van der Waals surface area contributed by atoms with Crippen molar-refractivity contribution in [3.63, 3.8) is 0 Å². The Hall–Kier alpha value is -3.20. The molecule has 2 heterocycles. The number of hydrogen-bond acceptors (Lipinski definition) is 7. The van der Waals surface area contributed by atoms with Crippen molar-refractivity contribution >= 4 is 23.4 Å². The molecule has 0 bridgehead atoms. The van der Waals surface area contributed by atoms with Gasteiger partial charge in [-0.15, -0.1) is 10.2 Å². The van der Waals surface area contributed by atoms with Gasteiger partial charge in [-0.25, -0.2) is 9.40 Å². The van der Waals surface area contributed by atoms with Crippen LogP contribution < -0.4 is 4.74 Å². The molecule has 0 radical (unpaired) electrons. The summed E-state index contributed by atoms with van der Waals surface area (Å²) in [7, 11) is 0. The SMILES string of the molecule is C[C@H](Oc1ccccc1F)c1nnc(SCC(=O)N2CCC(c3ccccc3)=N2)o1. The van der Waals surface area contributed by atoms with Crippen LogP contribution in [0.15, 0.2) is 69.3 Å². The summed E-state index contributed by atoms with van der Waals surface area (Å²) in [6, 6.07) is 15.9. The van der Waals surface area contributed by atoms with E-state index in [9.17, 15) is 9.18 Å². The zero-order valence-corrected chi connectivity index (χ0v) is 17.0. The molecule has 1 aromatic heterocycles. The lowest BCUT2D eigenvalue weighted by atomic mass is 10.1. The highest BCUT2D eigenvalue weighted by Crippen LogP contribution is 2.26. The summed E-state index contributed by atoms with van der Waals surface area (Å²) in [4.78, 5) is 12.5. The predicted molar refractivity (Wildman–Crippen MR) is 110 cm³/mol. The number of nitrogens with zero attached hydrogens (tertiary/aromatic N) is 4. The summed E-state index contributed by atoms with van der Waals surface area (Å²) in [6.07, 6.45) is 0.0896. The van der Waals surface area contributed by atoms with E-state index in [4.69, 9.17) is 9.15 Å². The molecule has 0 aliphatic carbocycles. The molecule has 30 heavy (non-hydrogen) atoms. The molecule has 154 valence electrons. The number of halogens is 1. The van der Waals surface area contributed by atoms with Crippen molar-refractivity contribution in [2.45, 2.75) is 24.7 Å². The van der Waals surface area contributed by atoms with Crippen LogP contribution in [0.25, 0.3) is 0 Å². The number of benzene rings is 2. The molecule has 9 heteroatoms. The summed E-state index contributed by atoms with van der Waals surface area (Å²) < 4.78 is 24.8. The fourth-order valence-corrected chi connectivity index (χ4v) is 3.53. The molecule has 2 aromatic carbocycles. The van der Waals surface area contributed by atoms with E-state index < -0.39 is 11.9 Å². The van der Waals surface area contributed by atoms with Gasteiger partial charge in [0.05, 0.1) is 18.0 Å². The number of amides is 1. The number of thioether (sulfide) groups is 1. The smallest absolute Gasteiger partial charge is 0.277 e. The maximum absolute atomic E-state index is 13.7. The second-order valence-electron chi connectivity index (χ2n) is 6.56. The van der Waals surface area contributed by atoms with Gasteiger partial charge in [-0.2, -0.15) is 5.10 Å². The first-order valence-electron chi connectivity index (χ1n) is 9.41. The third-order valence-electron chi connectivity index (χ3n) is 4.43. The van der Waals surface area contributed by atoms with E-state index in [0.717, 1.165) is 29.5 Å². The van der Waals surface area contributed by atoms with Crippen molar-refractivity contribution < 1.29 is 18.3 Å². The minimum absolute atomic E-state index is 0.105. The molecule has 0 fully saturated rings. The predicted octanol–water partition coefficient (Wildman–Crippen LogP) is 4.08. The zero-order chi connectivity index (χ0) is 20.9. The topological polar surface area (TPSA) is 80.8 Å². The van der Waals surface area contributed by atoms with E-state index in [0.29, 0.717) is 6.54 Å². The molecule has 0 saturated carbocycles. The van der Waals surface area contributed by atoms with E-state index >= 15 is 0 Å². The lowest BCUT2D eigenvalue weighted by Crippen LogP contribution is -2.25. The lowest BCUT2D eigenvalue weighted by molar-refractivity contribution is -0.127. The van der Waals surface area contributed by atoms with Gasteiger partial charge in [-0.05, 0) is 24.6 Å². The van der Waals surface area contributed by atoms with E-state index in [2.05, 4.69) is 15.3 Å². The lowest BCUT2D eigenvalue weighted by Gasteiger charge is -2.11. The maximum Gasteiger partial charge on any atom is 0.277 e. The van der Waals surface area contributed by atoms with Gasteiger partial charge in [-0.1, -0.05) is 54.2 Å². The van der Waals surface area contributed by atoms with Gasteiger partial charge in [0, 0.05) is 6.42 Å². The van der Waals surface area contributed by atoms with E-state index in [1.54, 1.807) is 19.1 Å². The Morgan fingerprint density at radius 1 is 1.20 bits per heavy atom. The molecule has 0 N–H and O–H groups in total. The third kappa shape index (κ3) is 4.68. The van der Waals surface area contributed by atoms with Crippen LogP contribution in [0.1, 0.15) is 30.9 Å². The fourth-order valence-electron chi connectivity index (χ4n) is 2.89. The maximum atomic E-state index is 13.7. The van der Waals surface area contributed by atoms with Crippen LogP contribution in [0, 0.1) is 5.82 Å². The van der Waals surface area contributed by atoms with Crippen LogP contribution in [0.3, 0.4) is 0 Å². The van der Waals surface area contributed by atoms with Crippen LogP contribution in [-0.2, 0) is 4.79 Å². The minimum atomic E-state index is -0.629. The van der Waals surface area contributed by atoms with E-state index in [1.165, 1.54) is 17.1 Å². The van der Waals surface area contributed by atoms with Gasteiger partial charge in [0.15, 0.2) is 17.7 Å². The highest BCUT2D eigenvalue weighted by Gasteiger charge is 2.23. The average molecular weight is 426 g/mol. The van der Waals surface area contributed by atoms with Gasteiger partial charge < -0.3 is 9.15 Å². The monoisotopic (exact) mass is 426 g/mol. The summed E-state index contributed by atoms with van der Waals surface area (Å²) in [5.41, 5.74) is 1.92. The number of carbonyl (C=O) groups is 1. The second-order valence-corrected chi connectivity index (χ2v) is 7.49. The Labute approximate surface area is 176 Å². The Balaban J connectivity index is 1.32. The van der Waals surface area contributed by atoms with Crippen molar-refractivity contribution in [2.75, 3.05) is 12.3 Å². The molecule has 1 atom stereocenters. The molecule has 3 aromatic rings. The normalized spacial score (nSPS) is 14.5. The number of carbonyl (C=O) groups excluding carboxylic acids is 1. The first-order chi connectivity index (χ1) is 14.6. The third-order valence-corrected chi connectivity index (χ3v) is 5.23. The number of hydrazone groups is 1. The minimum Gasteiger partial charge on any atom is -0.478 e. The second kappa shape index (κ2) is 9.08. The highest BCUT2D eigenvalue weighted by molar-refractivity contribution is 7.99. The molecule has 0 unspecified atom stereocenters. The van der Waals surface area contributed by atoms with Crippen LogP contribution >= 0.6 is 11.8 Å². The fraction of sp³-hybridized carbons (Fsp3) is 0.238. The van der Waals surface area contributed by atoms with Crippen LogP contribution in [0.4, 0.5) is 4.39 Å². The molecule has 1 amide bonds. The molecular weight excluding hydrogens is 407 g/mol. The molecule has 0 spiro atoms. The Bertz CT molecular complexity index is 1060. The van der Waals surface area contributed by atoms with Crippen molar-refractivity contribution in [1.82, 2.24) is 15.2 Å². The molecule has 0 saturated heterocycles. The standard InChI is InChI=1S/C21H19FN4O3S/c1-14(28-18-10-6-5-9-16(18)22)20-23-24-21(29-20)30-13-19(27)26-12-11-17(25-26)15-7-3-2-4-8-15/h2-10,14H,11-13H2,1H3/t14-/m0/s1.